The van der Waals surface area contributed by atoms with Crippen molar-refractivity contribution < 1.29 is 8.78 Å². The predicted octanol–water partition coefficient (Wildman–Crippen LogP) is 4.16. The van der Waals surface area contributed by atoms with Crippen molar-refractivity contribution in [3.63, 3.8) is 0 Å². The lowest BCUT2D eigenvalue weighted by molar-refractivity contribution is 0.508. The third-order valence-corrected chi connectivity index (χ3v) is 3.52. The van der Waals surface area contributed by atoms with E-state index in [1.165, 1.54) is 23.5 Å². The standard InChI is InChI=1S/C12H7ClF2N2S/c13-10-4-2-8(18-10)6-17-9-3-1-7(5-16)11(14)12(9)15/h1-4,17H,6H2. The summed E-state index contributed by atoms with van der Waals surface area (Å²) in [6.07, 6.45) is 0. The molecule has 18 heavy (non-hydrogen) atoms. The molecule has 0 atom stereocenters. The lowest BCUT2D eigenvalue weighted by Gasteiger charge is -2.07. The van der Waals surface area contributed by atoms with Crippen LogP contribution in [0.2, 0.25) is 4.34 Å². The average molecular weight is 285 g/mol. The van der Waals surface area contributed by atoms with E-state index >= 15 is 0 Å². The number of nitriles is 1. The number of halogens is 3. The van der Waals surface area contributed by atoms with Crippen molar-refractivity contribution in [2.75, 3.05) is 5.32 Å². The van der Waals surface area contributed by atoms with Crippen LogP contribution in [0.15, 0.2) is 24.3 Å². The van der Waals surface area contributed by atoms with E-state index < -0.39 is 11.6 Å². The number of thiophene rings is 1. The molecule has 2 rings (SSSR count). The van der Waals surface area contributed by atoms with E-state index in [9.17, 15) is 8.78 Å². The molecule has 0 saturated carbocycles. The van der Waals surface area contributed by atoms with Gasteiger partial charge in [-0.25, -0.2) is 8.78 Å². The number of rotatable bonds is 3. The Labute approximate surface area is 111 Å². The summed E-state index contributed by atoms with van der Waals surface area (Å²) in [5.74, 6) is -2.18. The molecule has 0 spiro atoms. The molecule has 6 heteroatoms. The molecule has 0 saturated heterocycles. The molecule has 0 fully saturated rings. The third kappa shape index (κ3) is 2.61. The second-order valence-corrected chi connectivity index (χ2v) is 5.26. The van der Waals surface area contributed by atoms with Gasteiger partial charge < -0.3 is 5.32 Å². The molecule has 2 aromatic rings. The molecule has 1 N–H and O–H groups in total. The minimum absolute atomic E-state index is 0.0241. The van der Waals surface area contributed by atoms with Crippen LogP contribution in [0, 0.1) is 23.0 Å². The van der Waals surface area contributed by atoms with Crippen LogP contribution in [0.4, 0.5) is 14.5 Å². The Hall–Kier alpha value is -1.64. The SMILES string of the molecule is N#Cc1ccc(NCc2ccc(Cl)s2)c(F)c1F. The van der Waals surface area contributed by atoms with Crippen LogP contribution >= 0.6 is 22.9 Å². The maximum absolute atomic E-state index is 13.5. The Morgan fingerprint density at radius 1 is 1.22 bits per heavy atom. The molecule has 0 bridgehead atoms. The van der Waals surface area contributed by atoms with E-state index in [0.717, 1.165) is 4.88 Å². The molecule has 92 valence electrons. The quantitative estimate of drug-likeness (QED) is 0.918. The van der Waals surface area contributed by atoms with Gasteiger partial charge in [0.15, 0.2) is 11.6 Å². The van der Waals surface area contributed by atoms with Gasteiger partial charge in [-0.1, -0.05) is 11.6 Å². The second kappa shape index (κ2) is 5.34. The zero-order chi connectivity index (χ0) is 13.1. The lowest BCUT2D eigenvalue weighted by Crippen LogP contribution is -2.02. The molecule has 0 aliphatic rings. The second-order valence-electron chi connectivity index (χ2n) is 3.46. The summed E-state index contributed by atoms with van der Waals surface area (Å²) in [6, 6.07) is 7.70. The summed E-state index contributed by atoms with van der Waals surface area (Å²) in [6.45, 7) is 0.347. The molecular formula is C12H7ClF2N2S. The van der Waals surface area contributed by atoms with Gasteiger partial charge in [0, 0.05) is 11.4 Å². The van der Waals surface area contributed by atoms with E-state index in [0.29, 0.717) is 10.9 Å². The number of nitrogens with zero attached hydrogens (tertiary/aromatic N) is 1. The number of benzene rings is 1. The third-order valence-electron chi connectivity index (χ3n) is 2.28. The van der Waals surface area contributed by atoms with Crippen LogP contribution < -0.4 is 5.32 Å². The van der Waals surface area contributed by atoms with Gasteiger partial charge in [0.05, 0.1) is 15.6 Å². The smallest absolute Gasteiger partial charge is 0.183 e. The Bertz CT molecular complexity index is 619. The van der Waals surface area contributed by atoms with E-state index in [1.54, 1.807) is 18.2 Å². The van der Waals surface area contributed by atoms with Crippen LogP contribution in [-0.4, -0.2) is 0 Å². The van der Waals surface area contributed by atoms with Crippen LogP contribution in [0.5, 0.6) is 0 Å². The first-order chi connectivity index (χ1) is 8.61. The highest BCUT2D eigenvalue weighted by molar-refractivity contribution is 7.16. The molecular weight excluding hydrogens is 278 g/mol. The first-order valence-electron chi connectivity index (χ1n) is 4.98. The van der Waals surface area contributed by atoms with E-state index in [4.69, 9.17) is 16.9 Å². The van der Waals surface area contributed by atoms with Crippen molar-refractivity contribution in [2.45, 2.75) is 6.54 Å². The molecule has 0 unspecified atom stereocenters. The first-order valence-corrected chi connectivity index (χ1v) is 6.17. The van der Waals surface area contributed by atoms with E-state index in [1.807, 2.05) is 0 Å². The Morgan fingerprint density at radius 3 is 2.61 bits per heavy atom. The van der Waals surface area contributed by atoms with Crippen molar-refractivity contribution >= 4 is 28.6 Å². The maximum Gasteiger partial charge on any atom is 0.183 e. The summed E-state index contributed by atoms with van der Waals surface area (Å²) >= 11 is 7.12. The molecule has 1 aromatic heterocycles. The fourth-order valence-electron chi connectivity index (χ4n) is 1.40. The Balaban J connectivity index is 2.15. The predicted molar refractivity (Wildman–Crippen MR) is 67.7 cm³/mol. The summed E-state index contributed by atoms with van der Waals surface area (Å²) in [4.78, 5) is 0.907. The van der Waals surface area contributed by atoms with Crippen LogP contribution in [0.3, 0.4) is 0 Å². The highest BCUT2D eigenvalue weighted by Gasteiger charge is 2.12. The van der Waals surface area contributed by atoms with Crippen molar-refractivity contribution in [1.82, 2.24) is 0 Å². The largest absolute Gasteiger partial charge is 0.378 e. The zero-order valence-corrected chi connectivity index (χ0v) is 10.6. The lowest BCUT2D eigenvalue weighted by atomic mass is 10.2. The Morgan fingerprint density at radius 2 is 2.00 bits per heavy atom. The van der Waals surface area contributed by atoms with Gasteiger partial charge in [0.2, 0.25) is 0 Å². The monoisotopic (exact) mass is 284 g/mol. The van der Waals surface area contributed by atoms with Crippen LogP contribution in [-0.2, 0) is 6.54 Å². The van der Waals surface area contributed by atoms with E-state index in [2.05, 4.69) is 5.32 Å². The zero-order valence-electron chi connectivity index (χ0n) is 9.01. The van der Waals surface area contributed by atoms with E-state index in [-0.39, 0.29) is 11.3 Å². The van der Waals surface area contributed by atoms with Crippen LogP contribution in [0.25, 0.3) is 0 Å². The highest BCUT2D eigenvalue weighted by Crippen LogP contribution is 2.24. The fraction of sp³-hybridized carbons (Fsp3) is 0.0833. The van der Waals surface area contributed by atoms with Gasteiger partial charge >= 0.3 is 0 Å². The minimum atomic E-state index is -1.13. The van der Waals surface area contributed by atoms with Crippen LogP contribution in [0.1, 0.15) is 10.4 Å². The summed E-state index contributed by atoms with van der Waals surface area (Å²) in [5.41, 5.74) is -0.284. The molecule has 0 amide bonds. The molecule has 0 aliphatic carbocycles. The molecule has 1 aromatic carbocycles. The van der Waals surface area contributed by atoms with Gasteiger partial charge in [0.25, 0.3) is 0 Å². The summed E-state index contributed by atoms with van der Waals surface area (Å²) in [7, 11) is 0. The molecule has 2 nitrogen and oxygen atoms in total. The summed E-state index contributed by atoms with van der Waals surface area (Å²) in [5, 5.41) is 11.3. The normalized spacial score (nSPS) is 10.1. The average Bonchev–Trinajstić information content (AvgIpc) is 2.77. The van der Waals surface area contributed by atoms with Crippen molar-refractivity contribution in [1.29, 1.82) is 5.26 Å². The molecule has 0 radical (unpaired) electrons. The number of anilines is 1. The number of nitrogens with one attached hydrogen (secondary N) is 1. The summed E-state index contributed by atoms with van der Waals surface area (Å²) < 4.78 is 27.5. The van der Waals surface area contributed by atoms with Crippen molar-refractivity contribution in [3.8, 4) is 6.07 Å². The Kier molecular flexibility index (Phi) is 3.80. The van der Waals surface area contributed by atoms with Gasteiger partial charge in [-0.3, -0.25) is 0 Å². The first kappa shape index (κ1) is 12.8. The molecule has 1 heterocycles. The van der Waals surface area contributed by atoms with Gasteiger partial charge in [-0.05, 0) is 24.3 Å². The van der Waals surface area contributed by atoms with Crippen molar-refractivity contribution in [2.24, 2.45) is 0 Å². The van der Waals surface area contributed by atoms with Gasteiger partial charge in [0.1, 0.15) is 6.07 Å². The minimum Gasteiger partial charge on any atom is -0.378 e. The number of hydrogen-bond acceptors (Lipinski definition) is 3. The topological polar surface area (TPSA) is 35.8 Å². The van der Waals surface area contributed by atoms with Gasteiger partial charge in [-0.15, -0.1) is 11.3 Å². The highest BCUT2D eigenvalue weighted by atomic mass is 35.5. The van der Waals surface area contributed by atoms with Gasteiger partial charge in [-0.2, -0.15) is 5.26 Å². The fourth-order valence-corrected chi connectivity index (χ4v) is 2.43. The molecule has 0 aliphatic heterocycles. The maximum atomic E-state index is 13.5. The van der Waals surface area contributed by atoms with Crippen molar-refractivity contribution in [3.05, 3.63) is 50.7 Å². The number of hydrogen-bond donors (Lipinski definition) is 1.